The maximum absolute atomic E-state index is 14.6. The number of anilines is 1. The third-order valence-corrected chi connectivity index (χ3v) is 5.93. The number of aromatic nitrogens is 1. The maximum Gasteiger partial charge on any atom is 0.258 e. The van der Waals surface area contributed by atoms with Crippen LogP contribution >= 0.6 is 11.6 Å². The van der Waals surface area contributed by atoms with E-state index in [4.69, 9.17) is 11.6 Å². The van der Waals surface area contributed by atoms with Gasteiger partial charge in [-0.2, -0.15) is 0 Å². The van der Waals surface area contributed by atoms with E-state index < -0.39 is 0 Å². The Hall–Kier alpha value is -2.33. The van der Waals surface area contributed by atoms with E-state index in [1.807, 2.05) is 19.1 Å². The molecule has 1 aliphatic carbocycles. The Morgan fingerprint density at radius 1 is 1.19 bits per heavy atom. The lowest BCUT2D eigenvalue weighted by Crippen LogP contribution is -2.42. The number of halogens is 2. The molecule has 0 unspecified atom stereocenters. The molecule has 2 aromatic carbocycles. The fraction of sp³-hybridized carbons (Fsp3) is 0.286. The van der Waals surface area contributed by atoms with Crippen molar-refractivity contribution in [2.75, 3.05) is 5.32 Å². The van der Waals surface area contributed by atoms with Crippen LogP contribution < -0.4 is 10.9 Å². The van der Waals surface area contributed by atoms with Crippen LogP contribution in [0, 0.1) is 12.7 Å². The van der Waals surface area contributed by atoms with Crippen molar-refractivity contribution in [2.24, 2.45) is 7.05 Å². The molecule has 3 nitrogen and oxygen atoms in total. The molecule has 3 aromatic rings. The van der Waals surface area contributed by atoms with Gasteiger partial charge in [0, 0.05) is 29.3 Å². The van der Waals surface area contributed by atoms with Gasteiger partial charge in [0.05, 0.1) is 10.9 Å². The second-order valence-corrected chi connectivity index (χ2v) is 7.53. The van der Waals surface area contributed by atoms with Gasteiger partial charge < -0.3 is 9.88 Å². The van der Waals surface area contributed by atoms with Gasteiger partial charge in [-0.3, -0.25) is 4.79 Å². The number of fused-ring (bicyclic) bond motifs is 1. The van der Waals surface area contributed by atoms with Crippen molar-refractivity contribution in [3.05, 3.63) is 74.9 Å². The lowest BCUT2D eigenvalue weighted by Gasteiger charge is -2.45. The predicted molar refractivity (Wildman–Crippen MR) is 104 cm³/mol. The lowest BCUT2D eigenvalue weighted by molar-refractivity contribution is 0.283. The second kappa shape index (κ2) is 6.13. The Kier molecular flexibility index (Phi) is 4.03. The van der Waals surface area contributed by atoms with Crippen LogP contribution in [0.1, 0.15) is 30.4 Å². The SMILES string of the molecule is Cc1c(Cl)cccc1C1(Nc2cc(F)c3ccn(C)c(=O)c3c2)CCC1. The highest BCUT2D eigenvalue weighted by atomic mass is 35.5. The van der Waals surface area contributed by atoms with E-state index >= 15 is 0 Å². The van der Waals surface area contributed by atoms with Gasteiger partial charge in [-0.1, -0.05) is 23.7 Å². The zero-order valence-corrected chi connectivity index (χ0v) is 15.5. The summed E-state index contributed by atoms with van der Waals surface area (Å²) in [4.78, 5) is 12.4. The molecule has 0 saturated heterocycles. The first-order valence-corrected chi connectivity index (χ1v) is 9.12. The fourth-order valence-electron chi connectivity index (χ4n) is 3.87. The average molecular weight is 371 g/mol. The van der Waals surface area contributed by atoms with E-state index in [9.17, 15) is 9.18 Å². The minimum absolute atomic E-state index is 0.202. The fourth-order valence-corrected chi connectivity index (χ4v) is 4.05. The summed E-state index contributed by atoms with van der Waals surface area (Å²) >= 11 is 6.31. The number of rotatable bonds is 3. The number of nitrogens with zero attached hydrogens (tertiary/aromatic N) is 1. The van der Waals surface area contributed by atoms with Crippen LogP contribution in [0.4, 0.5) is 10.1 Å². The van der Waals surface area contributed by atoms with Crippen LogP contribution in [0.15, 0.2) is 47.4 Å². The van der Waals surface area contributed by atoms with E-state index in [0.717, 1.165) is 35.4 Å². The first-order valence-electron chi connectivity index (χ1n) is 8.74. The minimum Gasteiger partial charge on any atom is -0.375 e. The number of benzene rings is 2. The van der Waals surface area contributed by atoms with Gasteiger partial charge in [0.1, 0.15) is 5.82 Å². The summed E-state index contributed by atoms with van der Waals surface area (Å²) in [7, 11) is 1.67. The highest BCUT2D eigenvalue weighted by Gasteiger charge is 2.40. The van der Waals surface area contributed by atoms with Crippen molar-refractivity contribution in [3.8, 4) is 0 Å². The van der Waals surface area contributed by atoms with Crippen LogP contribution in [-0.2, 0) is 12.6 Å². The molecule has 1 saturated carbocycles. The van der Waals surface area contributed by atoms with Gasteiger partial charge in [0.25, 0.3) is 5.56 Å². The Morgan fingerprint density at radius 3 is 2.65 bits per heavy atom. The number of nitrogens with one attached hydrogen (secondary N) is 1. The van der Waals surface area contributed by atoms with Gasteiger partial charge in [0.2, 0.25) is 0 Å². The van der Waals surface area contributed by atoms with Crippen LogP contribution in [0.25, 0.3) is 10.8 Å². The van der Waals surface area contributed by atoms with E-state index in [0.29, 0.717) is 16.5 Å². The van der Waals surface area contributed by atoms with Gasteiger partial charge in [-0.15, -0.1) is 0 Å². The van der Waals surface area contributed by atoms with Gasteiger partial charge in [-0.25, -0.2) is 4.39 Å². The second-order valence-electron chi connectivity index (χ2n) is 7.12. The lowest BCUT2D eigenvalue weighted by atomic mass is 9.70. The number of hydrogen-bond acceptors (Lipinski definition) is 2. The Bertz CT molecular complexity index is 1070. The molecule has 1 aliphatic rings. The van der Waals surface area contributed by atoms with Crippen LogP contribution in [-0.4, -0.2) is 4.57 Å². The topological polar surface area (TPSA) is 34.0 Å². The molecule has 0 bridgehead atoms. The summed E-state index contributed by atoms with van der Waals surface area (Å²) < 4.78 is 16.1. The van der Waals surface area contributed by atoms with Crippen molar-refractivity contribution in [1.29, 1.82) is 0 Å². The summed E-state index contributed by atoms with van der Waals surface area (Å²) in [6.45, 7) is 2.01. The van der Waals surface area contributed by atoms with E-state index in [-0.39, 0.29) is 16.9 Å². The molecule has 0 amide bonds. The monoisotopic (exact) mass is 370 g/mol. The molecular formula is C21H20ClFN2O. The molecule has 1 N–H and O–H groups in total. The molecule has 26 heavy (non-hydrogen) atoms. The molecule has 5 heteroatoms. The van der Waals surface area contributed by atoms with E-state index in [1.165, 1.54) is 10.6 Å². The standard InChI is InChI=1S/C21H20ClFN2O/c1-13-17(5-3-6-18(13)22)21(8-4-9-21)24-14-11-16-15(19(23)12-14)7-10-25(2)20(16)26/h3,5-7,10-12,24H,4,8-9H2,1-2H3. The Labute approximate surface area is 156 Å². The highest BCUT2D eigenvalue weighted by Crippen LogP contribution is 2.46. The Balaban J connectivity index is 1.82. The molecule has 1 aromatic heterocycles. The van der Waals surface area contributed by atoms with Crippen molar-refractivity contribution in [1.82, 2.24) is 4.57 Å². The molecule has 0 aliphatic heterocycles. The van der Waals surface area contributed by atoms with Crippen molar-refractivity contribution < 1.29 is 4.39 Å². The predicted octanol–water partition coefficient (Wildman–Crippen LogP) is 5.13. The summed E-state index contributed by atoms with van der Waals surface area (Å²) in [5.74, 6) is -0.389. The first kappa shape index (κ1) is 17.1. The van der Waals surface area contributed by atoms with Gasteiger partial charge in [-0.05, 0) is 61.6 Å². The molecule has 1 fully saturated rings. The van der Waals surface area contributed by atoms with Crippen molar-refractivity contribution in [2.45, 2.75) is 31.7 Å². The Morgan fingerprint density at radius 2 is 1.96 bits per heavy atom. The number of hydrogen-bond donors (Lipinski definition) is 1. The van der Waals surface area contributed by atoms with E-state index in [2.05, 4.69) is 11.4 Å². The molecule has 0 spiro atoms. The summed E-state index contributed by atoms with van der Waals surface area (Å²) in [6.07, 6.45) is 4.57. The molecule has 1 heterocycles. The van der Waals surface area contributed by atoms with Crippen LogP contribution in [0.2, 0.25) is 5.02 Å². The third kappa shape index (κ3) is 2.60. The summed E-state index contributed by atoms with van der Waals surface area (Å²) in [5, 5.41) is 4.97. The minimum atomic E-state index is -0.389. The molecule has 134 valence electrons. The van der Waals surface area contributed by atoms with Crippen molar-refractivity contribution >= 4 is 28.1 Å². The zero-order chi connectivity index (χ0) is 18.5. The first-order chi connectivity index (χ1) is 12.4. The van der Waals surface area contributed by atoms with E-state index in [1.54, 1.807) is 25.4 Å². The van der Waals surface area contributed by atoms with Gasteiger partial charge >= 0.3 is 0 Å². The zero-order valence-electron chi connectivity index (χ0n) is 14.8. The molecular weight excluding hydrogens is 351 g/mol. The van der Waals surface area contributed by atoms with Crippen LogP contribution in [0.3, 0.4) is 0 Å². The molecule has 4 rings (SSSR count). The largest absolute Gasteiger partial charge is 0.375 e. The number of pyridine rings is 1. The highest BCUT2D eigenvalue weighted by molar-refractivity contribution is 6.31. The summed E-state index contributed by atoms with van der Waals surface area (Å²) in [6, 6.07) is 10.8. The third-order valence-electron chi connectivity index (χ3n) is 5.52. The van der Waals surface area contributed by atoms with Gasteiger partial charge in [0.15, 0.2) is 0 Å². The number of aryl methyl sites for hydroxylation is 1. The van der Waals surface area contributed by atoms with Crippen LogP contribution in [0.5, 0.6) is 0 Å². The quantitative estimate of drug-likeness (QED) is 0.693. The summed E-state index contributed by atoms with van der Waals surface area (Å²) in [5.41, 5.74) is 2.33. The molecule has 0 atom stereocenters. The normalized spacial score (nSPS) is 15.7. The smallest absolute Gasteiger partial charge is 0.258 e. The maximum atomic E-state index is 14.6. The average Bonchev–Trinajstić information content (AvgIpc) is 2.58. The van der Waals surface area contributed by atoms with Crippen molar-refractivity contribution in [3.63, 3.8) is 0 Å². The molecule has 0 radical (unpaired) electrons.